The Morgan fingerprint density at radius 2 is 1.86 bits per heavy atom. The van der Waals surface area contributed by atoms with Gasteiger partial charge in [-0.15, -0.1) is 0 Å². The zero-order chi connectivity index (χ0) is 20.7. The van der Waals surface area contributed by atoms with Crippen molar-refractivity contribution < 1.29 is 19.1 Å². The Bertz CT molecular complexity index is 857. The largest absolute Gasteiger partial charge is 0.484 e. The fourth-order valence-electron chi connectivity index (χ4n) is 4.55. The summed E-state index contributed by atoms with van der Waals surface area (Å²) in [6.45, 7) is 9.29. The number of aliphatic hydroxyl groups is 1. The second kappa shape index (κ2) is 7.78. The second-order valence-electron chi connectivity index (χ2n) is 8.64. The number of nitrogens with zero attached hydrogens (tertiary/aromatic N) is 3. The molecular weight excluding hydrogens is 370 g/mol. The molecule has 29 heavy (non-hydrogen) atoms. The van der Waals surface area contributed by atoms with Gasteiger partial charge in [-0.2, -0.15) is 0 Å². The number of fused-ring (bicyclic) bond motifs is 1. The van der Waals surface area contributed by atoms with Crippen LogP contribution in [0.1, 0.15) is 60.4 Å². The van der Waals surface area contributed by atoms with E-state index in [0.29, 0.717) is 43.4 Å². The molecule has 3 heterocycles. The zero-order valence-corrected chi connectivity index (χ0v) is 17.5. The summed E-state index contributed by atoms with van der Waals surface area (Å²) < 4.78 is 11.5. The fraction of sp³-hybridized carbons (Fsp3) is 0.591. The Hall–Kier alpha value is -2.41. The van der Waals surface area contributed by atoms with E-state index in [4.69, 9.17) is 9.15 Å². The highest BCUT2D eigenvalue weighted by Crippen LogP contribution is 2.39. The van der Waals surface area contributed by atoms with Gasteiger partial charge in [0.05, 0.1) is 23.8 Å². The van der Waals surface area contributed by atoms with Crippen molar-refractivity contribution in [1.29, 1.82) is 0 Å². The molecule has 0 aromatic carbocycles. The number of furan rings is 1. The van der Waals surface area contributed by atoms with E-state index >= 15 is 0 Å². The number of likely N-dealkylation sites (tertiary alicyclic amines) is 1. The number of aliphatic hydroxyl groups excluding tert-OH is 1. The van der Waals surface area contributed by atoms with Gasteiger partial charge in [-0.25, -0.2) is 9.97 Å². The van der Waals surface area contributed by atoms with Crippen LogP contribution in [0.5, 0.6) is 5.75 Å². The molecule has 1 N–H and O–H groups in total. The molecule has 1 amide bonds. The summed E-state index contributed by atoms with van der Waals surface area (Å²) in [5.74, 6) is 2.59. The Labute approximate surface area is 171 Å². The van der Waals surface area contributed by atoms with Gasteiger partial charge in [0.1, 0.15) is 11.9 Å². The van der Waals surface area contributed by atoms with Crippen LogP contribution >= 0.6 is 0 Å². The van der Waals surface area contributed by atoms with E-state index in [1.54, 1.807) is 12.1 Å². The second-order valence-corrected chi connectivity index (χ2v) is 8.64. The van der Waals surface area contributed by atoms with E-state index in [0.717, 1.165) is 17.2 Å². The van der Waals surface area contributed by atoms with Gasteiger partial charge >= 0.3 is 0 Å². The van der Waals surface area contributed by atoms with Crippen LogP contribution in [0.4, 0.5) is 0 Å². The van der Waals surface area contributed by atoms with Gasteiger partial charge in [0.2, 0.25) is 0 Å². The molecule has 1 aliphatic carbocycles. The van der Waals surface area contributed by atoms with Gasteiger partial charge in [-0.1, -0.05) is 13.8 Å². The first-order chi connectivity index (χ1) is 13.8. The molecule has 0 spiro atoms. The van der Waals surface area contributed by atoms with Gasteiger partial charge in [0.15, 0.2) is 11.5 Å². The quantitative estimate of drug-likeness (QED) is 0.850. The summed E-state index contributed by atoms with van der Waals surface area (Å²) in [5.41, 5.74) is 1.60. The third-order valence-corrected chi connectivity index (χ3v) is 6.11. The lowest BCUT2D eigenvalue weighted by molar-refractivity contribution is -0.0240. The van der Waals surface area contributed by atoms with Crippen molar-refractivity contribution in [3.05, 3.63) is 41.4 Å². The zero-order valence-electron chi connectivity index (χ0n) is 17.5. The monoisotopic (exact) mass is 399 g/mol. The molecule has 1 saturated heterocycles. The lowest BCUT2D eigenvalue weighted by Gasteiger charge is -2.35. The number of ether oxygens (including phenoxy) is 1. The molecule has 0 radical (unpaired) electrons. The number of aryl methyl sites for hydroxylation is 2. The molecule has 2 fully saturated rings. The van der Waals surface area contributed by atoms with Gasteiger partial charge in [0.25, 0.3) is 5.91 Å². The molecule has 1 aliphatic heterocycles. The van der Waals surface area contributed by atoms with E-state index in [1.807, 2.05) is 18.7 Å². The standard InChI is InChI=1S/C22H29N3O4/c1-12(2)21-23-13(3)20(14(4)24-21)29-19-9-16-11-25(10-15(16)8-17(19)26)22(27)18-6-5-7-28-18/h5-7,12,15-17,19,26H,8-11H2,1-4H3/t15-,16+,17+,19+/m0/s1. The predicted octanol–water partition coefficient (Wildman–Crippen LogP) is 3.10. The maximum atomic E-state index is 12.6. The summed E-state index contributed by atoms with van der Waals surface area (Å²) in [4.78, 5) is 23.6. The van der Waals surface area contributed by atoms with Crippen LogP contribution in [0.25, 0.3) is 0 Å². The van der Waals surface area contributed by atoms with Gasteiger partial charge < -0.3 is 19.2 Å². The molecule has 2 aromatic rings. The van der Waals surface area contributed by atoms with Crippen molar-refractivity contribution in [3.8, 4) is 5.75 Å². The average Bonchev–Trinajstić information content (AvgIpc) is 3.33. The minimum Gasteiger partial charge on any atom is -0.484 e. The minimum absolute atomic E-state index is 0.0827. The van der Waals surface area contributed by atoms with Gasteiger partial charge in [-0.05, 0) is 50.7 Å². The van der Waals surface area contributed by atoms with Crippen LogP contribution in [0.3, 0.4) is 0 Å². The number of aromatic nitrogens is 2. The summed E-state index contributed by atoms with van der Waals surface area (Å²) in [7, 11) is 0. The molecule has 4 atom stereocenters. The van der Waals surface area contributed by atoms with Crippen LogP contribution < -0.4 is 4.74 Å². The third kappa shape index (κ3) is 3.88. The maximum absolute atomic E-state index is 12.6. The van der Waals surface area contributed by atoms with E-state index in [-0.39, 0.29) is 23.8 Å². The van der Waals surface area contributed by atoms with Crippen LogP contribution in [0.15, 0.2) is 22.8 Å². The molecule has 2 aliphatic rings. The number of carbonyl (C=O) groups excluding carboxylic acids is 1. The Balaban J connectivity index is 1.46. The van der Waals surface area contributed by atoms with Crippen LogP contribution in [0.2, 0.25) is 0 Å². The van der Waals surface area contributed by atoms with Crippen molar-refractivity contribution in [1.82, 2.24) is 14.9 Å². The van der Waals surface area contributed by atoms with Crippen molar-refractivity contribution in [2.75, 3.05) is 13.1 Å². The number of hydrogen-bond acceptors (Lipinski definition) is 6. The highest BCUT2D eigenvalue weighted by molar-refractivity contribution is 5.91. The first-order valence-corrected chi connectivity index (χ1v) is 10.4. The molecule has 4 rings (SSSR count). The van der Waals surface area contributed by atoms with Crippen LogP contribution in [-0.4, -0.2) is 51.2 Å². The highest BCUT2D eigenvalue weighted by atomic mass is 16.5. The molecule has 7 nitrogen and oxygen atoms in total. The molecule has 156 valence electrons. The summed E-state index contributed by atoms with van der Waals surface area (Å²) in [5, 5.41) is 10.7. The molecule has 0 unspecified atom stereocenters. The van der Waals surface area contributed by atoms with Crippen molar-refractivity contribution in [2.45, 2.75) is 58.7 Å². The molecule has 2 aromatic heterocycles. The van der Waals surface area contributed by atoms with E-state index in [9.17, 15) is 9.90 Å². The minimum atomic E-state index is -0.571. The van der Waals surface area contributed by atoms with Gasteiger partial charge in [0, 0.05) is 19.0 Å². The van der Waals surface area contributed by atoms with Gasteiger partial charge in [-0.3, -0.25) is 4.79 Å². The summed E-state index contributed by atoms with van der Waals surface area (Å²) in [6, 6.07) is 3.42. The van der Waals surface area contributed by atoms with E-state index in [2.05, 4.69) is 23.8 Å². The highest BCUT2D eigenvalue weighted by Gasteiger charge is 2.44. The van der Waals surface area contributed by atoms with E-state index < -0.39 is 6.10 Å². The lowest BCUT2D eigenvalue weighted by Crippen LogP contribution is -2.42. The Morgan fingerprint density at radius 3 is 2.45 bits per heavy atom. The predicted molar refractivity (Wildman–Crippen MR) is 107 cm³/mol. The maximum Gasteiger partial charge on any atom is 0.289 e. The van der Waals surface area contributed by atoms with Crippen molar-refractivity contribution >= 4 is 5.91 Å². The molecule has 7 heteroatoms. The average molecular weight is 399 g/mol. The van der Waals surface area contributed by atoms with Crippen LogP contribution in [-0.2, 0) is 0 Å². The number of carbonyl (C=O) groups is 1. The summed E-state index contributed by atoms with van der Waals surface area (Å²) in [6.07, 6.45) is 1.96. The van der Waals surface area contributed by atoms with Crippen molar-refractivity contribution in [2.24, 2.45) is 11.8 Å². The normalized spacial score (nSPS) is 26.6. The SMILES string of the molecule is Cc1nc(C(C)C)nc(C)c1O[C@@H]1C[C@@H]2CN(C(=O)c3ccco3)C[C@@H]2C[C@H]1O. The smallest absolute Gasteiger partial charge is 0.289 e. The number of hydrogen-bond donors (Lipinski definition) is 1. The van der Waals surface area contributed by atoms with Crippen molar-refractivity contribution in [3.63, 3.8) is 0 Å². The topological polar surface area (TPSA) is 88.7 Å². The molecular formula is C22H29N3O4. The summed E-state index contributed by atoms with van der Waals surface area (Å²) >= 11 is 0. The fourth-order valence-corrected chi connectivity index (χ4v) is 4.55. The molecule has 0 bridgehead atoms. The first-order valence-electron chi connectivity index (χ1n) is 10.4. The third-order valence-electron chi connectivity index (χ3n) is 6.11. The number of rotatable bonds is 4. The number of amides is 1. The first kappa shape index (κ1) is 19.9. The van der Waals surface area contributed by atoms with Crippen LogP contribution in [0, 0.1) is 25.7 Å². The lowest BCUT2D eigenvalue weighted by atomic mass is 9.78. The molecule has 1 saturated carbocycles. The van der Waals surface area contributed by atoms with E-state index in [1.165, 1.54) is 6.26 Å². The Morgan fingerprint density at radius 1 is 1.21 bits per heavy atom. The Kier molecular flexibility index (Phi) is 5.34.